The number of nitrogens with one attached hydrogen (secondary N) is 1. The van der Waals surface area contributed by atoms with Gasteiger partial charge >= 0.3 is 0 Å². The van der Waals surface area contributed by atoms with Gasteiger partial charge in [0.15, 0.2) is 0 Å². The quantitative estimate of drug-likeness (QED) is 0.787. The smallest absolute Gasteiger partial charge is 0.261 e. The molecule has 1 aliphatic heterocycles. The average Bonchev–Trinajstić information content (AvgIpc) is 2.89. The molecule has 0 unspecified atom stereocenters. The number of nitrogens with zero attached hydrogens (tertiary/aromatic N) is 3. The molecular weight excluding hydrogens is 368 g/mol. The maximum atomic E-state index is 12.7. The molecular formula is C22H26N4O3. The summed E-state index contributed by atoms with van der Waals surface area (Å²) in [6, 6.07) is 4.62. The summed E-state index contributed by atoms with van der Waals surface area (Å²) in [5.74, 6) is -0.800. The van der Waals surface area contributed by atoms with Gasteiger partial charge in [0, 0.05) is 35.8 Å². The first-order valence-corrected chi connectivity index (χ1v) is 9.67. The van der Waals surface area contributed by atoms with Crippen molar-refractivity contribution in [2.75, 3.05) is 6.54 Å². The lowest BCUT2D eigenvalue weighted by Crippen LogP contribution is -2.33. The fraction of sp³-hybridized carbons (Fsp3) is 0.409. The summed E-state index contributed by atoms with van der Waals surface area (Å²) in [6.07, 6.45) is 3.19. The fourth-order valence-electron chi connectivity index (χ4n) is 3.40. The van der Waals surface area contributed by atoms with Crippen molar-refractivity contribution in [3.63, 3.8) is 0 Å². The Morgan fingerprint density at radius 1 is 1.14 bits per heavy atom. The molecule has 0 saturated carbocycles. The van der Waals surface area contributed by atoms with Crippen LogP contribution in [0.3, 0.4) is 0 Å². The Bertz CT molecular complexity index is 976. The second-order valence-electron chi connectivity index (χ2n) is 8.70. The van der Waals surface area contributed by atoms with Gasteiger partial charge in [0.25, 0.3) is 17.7 Å². The third-order valence-corrected chi connectivity index (χ3v) is 4.72. The van der Waals surface area contributed by atoms with Gasteiger partial charge < -0.3 is 5.32 Å². The molecule has 1 aromatic heterocycles. The van der Waals surface area contributed by atoms with Gasteiger partial charge in [-0.3, -0.25) is 19.3 Å². The van der Waals surface area contributed by atoms with E-state index in [0.29, 0.717) is 17.7 Å². The number of rotatable bonds is 5. The Balaban J connectivity index is 1.78. The Morgan fingerprint density at radius 3 is 2.48 bits per heavy atom. The molecule has 1 aliphatic rings. The lowest BCUT2D eigenvalue weighted by Gasteiger charge is -2.21. The summed E-state index contributed by atoms with van der Waals surface area (Å²) >= 11 is 0. The number of fused-ring (bicyclic) bond motifs is 1. The van der Waals surface area contributed by atoms with E-state index in [9.17, 15) is 14.4 Å². The number of benzene rings is 1. The van der Waals surface area contributed by atoms with E-state index in [1.165, 1.54) is 17.3 Å². The minimum atomic E-state index is -0.347. The van der Waals surface area contributed by atoms with Crippen LogP contribution >= 0.6 is 0 Å². The van der Waals surface area contributed by atoms with E-state index >= 15 is 0 Å². The summed E-state index contributed by atoms with van der Waals surface area (Å²) in [4.78, 5) is 47.4. The standard InChI is InChI=1S/C22H26N4O3/c1-13(2)11-26-20(28)16-7-6-14(8-17(16)21(26)29)19(27)24-10-15-9-23-12-25-18(15)22(3,4)5/h6-9,12-13H,10-11H2,1-5H3,(H,24,27). The van der Waals surface area contributed by atoms with Crippen LogP contribution in [0, 0.1) is 5.92 Å². The van der Waals surface area contributed by atoms with Crippen LogP contribution in [0.2, 0.25) is 0 Å². The molecule has 0 spiro atoms. The van der Waals surface area contributed by atoms with Crippen molar-refractivity contribution in [3.05, 3.63) is 58.7 Å². The molecule has 7 nitrogen and oxygen atoms in total. The predicted octanol–water partition coefficient (Wildman–Crippen LogP) is 2.96. The highest BCUT2D eigenvalue weighted by Gasteiger charge is 2.36. The van der Waals surface area contributed by atoms with E-state index in [1.54, 1.807) is 18.3 Å². The molecule has 0 atom stereocenters. The molecule has 0 bridgehead atoms. The van der Waals surface area contributed by atoms with Crippen LogP contribution in [-0.2, 0) is 12.0 Å². The second kappa shape index (κ2) is 7.73. The molecule has 7 heteroatoms. The highest BCUT2D eigenvalue weighted by molar-refractivity contribution is 6.22. The fourth-order valence-corrected chi connectivity index (χ4v) is 3.40. The van der Waals surface area contributed by atoms with Crippen molar-refractivity contribution in [2.45, 2.75) is 46.6 Å². The van der Waals surface area contributed by atoms with Crippen molar-refractivity contribution in [3.8, 4) is 0 Å². The van der Waals surface area contributed by atoms with Gasteiger partial charge in [0.2, 0.25) is 0 Å². The number of imide groups is 1. The third-order valence-electron chi connectivity index (χ3n) is 4.72. The van der Waals surface area contributed by atoms with Crippen LogP contribution in [0.4, 0.5) is 0 Å². The van der Waals surface area contributed by atoms with Gasteiger partial charge in [0.1, 0.15) is 6.33 Å². The van der Waals surface area contributed by atoms with Crippen LogP contribution in [0.25, 0.3) is 0 Å². The largest absolute Gasteiger partial charge is 0.348 e. The molecule has 3 amide bonds. The van der Waals surface area contributed by atoms with Crippen molar-refractivity contribution in [2.24, 2.45) is 5.92 Å². The highest BCUT2D eigenvalue weighted by Crippen LogP contribution is 2.25. The van der Waals surface area contributed by atoms with E-state index in [-0.39, 0.29) is 41.2 Å². The minimum Gasteiger partial charge on any atom is -0.348 e. The van der Waals surface area contributed by atoms with Crippen LogP contribution in [-0.4, -0.2) is 39.1 Å². The van der Waals surface area contributed by atoms with E-state index in [1.807, 2.05) is 34.6 Å². The molecule has 0 radical (unpaired) electrons. The predicted molar refractivity (Wildman–Crippen MR) is 109 cm³/mol. The van der Waals surface area contributed by atoms with Gasteiger partial charge in [-0.25, -0.2) is 9.97 Å². The Kier molecular flexibility index (Phi) is 5.50. The Hall–Kier alpha value is -3.09. The normalized spacial score (nSPS) is 13.8. The van der Waals surface area contributed by atoms with Gasteiger partial charge in [-0.1, -0.05) is 34.6 Å². The minimum absolute atomic E-state index is 0.171. The summed E-state index contributed by atoms with van der Waals surface area (Å²) < 4.78 is 0. The Labute approximate surface area is 170 Å². The zero-order valence-corrected chi connectivity index (χ0v) is 17.4. The van der Waals surface area contributed by atoms with Crippen molar-refractivity contribution in [1.29, 1.82) is 0 Å². The first kappa shape index (κ1) is 20.6. The van der Waals surface area contributed by atoms with Crippen LogP contribution in [0.1, 0.15) is 77.0 Å². The molecule has 2 aromatic rings. The van der Waals surface area contributed by atoms with E-state index in [0.717, 1.165) is 11.3 Å². The number of amides is 3. The van der Waals surface area contributed by atoms with E-state index in [4.69, 9.17) is 0 Å². The van der Waals surface area contributed by atoms with Crippen molar-refractivity contribution < 1.29 is 14.4 Å². The molecule has 1 aromatic carbocycles. The number of hydrogen-bond acceptors (Lipinski definition) is 5. The van der Waals surface area contributed by atoms with Gasteiger partial charge in [0.05, 0.1) is 16.8 Å². The van der Waals surface area contributed by atoms with Crippen LogP contribution in [0.15, 0.2) is 30.7 Å². The molecule has 152 valence electrons. The molecule has 0 saturated heterocycles. The molecule has 0 aliphatic carbocycles. The van der Waals surface area contributed by atoms with Crippen LogP contribution in [0.5, 0.6) is 0 Å². The first-order valence-electron chi connectivity index (χ1n) is 9.67. The summed E-state index contributed by atoms with van der Waals surface area (Å²) in [7, 11) is 0. The maximum absolute atomic E-state index is 12.7. The number of hydrogen-bond donors (Lipinski definition) is 1. The summed E-state index contributed by atoms with van der Waals surface area (Å²) in [5, 5.41) is 2.86. The van der Waals surface area contributed by atoms with E-state index < -0.39 is 0 Å². The molecule has 29 heavy (non-hydrogen) atoms. The maximum Gasteiger partial charge on any atom is 0.261 e. The lowest BCUT2D eigenvalue weighted by atomic mass is 9.89. The van der Waals surface area contributed by atoms with Crippen LogP contribution < -0.4 is 5.32 Å². The van der Waals surface area contributed by atoms with E-state index in [2.05, 4.69) is 15.3 Å². The molecule has 0 fully saturated rings. The lowest BCUT2D eigenvalue weighted by molar-refractivity contribution is 0.0636. The molecule has 1 N–H and O–H groups in total. The van der Waals surface area contributed by atoms with Gasteiger partial charge in [-0.2, -0.15) is 0 Å². The second-order valence-corrected chi connectivity index (χ2v) is 8.70. The van der Waals surface area contributed by atoms with Gasteiger partial charge in [-0.05, 0) is 24.1 Å². The average molecular weight is 394 g/mol. The van der Waals surface area contributed by atoms with Crippen molar-refractivity contribution >= 4 is 17.7 Å². The topological polar surface area (TPSA) is 92.3 Å². The number of carbonyl (C=O) groups excluding carboxylic acids is 3. The SMILES string of the molecule is CC(C)CN1C(=O)c2ccc(C(=O)NCc3cncnc3C(C)(C)C)cc2C1=O. The van der Waals surface area contributed by atoms with Gasteiger partial charge in [-0.15, -0.1) is 0 Å². The highest BCUT2D eigenvalue weighted by atomic mass is 16.2. The molecule has 2 heterocycles. The third kappa shape index (κ3) is 4.18. The van der Waals surface area contributed by atoms with Crippen molar-refractivity contribution in [1.82, 2.24) is 20.2 Å². The Morgan fingerprint density at radius 2 is 1.83 bits per heavy atom. The number of aromatic nitrogens is 2. The first-order chi connectivity index (χ1) is 13.6. The monoisotopic (exact) mass is 394 g/mol. The molecule has 3 rings (SSSR count). The zero-order chi connectivity index (χ0) is 21.3. The zero-order valence-electron chi connectivity index (χ0n) is 17.4. The number of carbonyl (C=O) groups is 3. The summed E-state index contributed by atoms with van der Waals surface area (Å²) in [5.41, 5.74) is 2.49. The summed E-state index contributed by atoms with van der Waals surface area (Å²) in [6.45, 7) is 10.7.